The largest absolute Gasteiger partial charge is 0.490 e. The highest BCUT2D eigenvalue weighted by atomic mass is 127. The smallest absolute Gasteiger partial charge is 0.335 e. The summed E-state index contributed by atoms with van der Waals surface area (Å²) in [5, 5.41) is 29.8. The standard InChI is InChI=1S/C25H19IN2O6/c1-2-33-23-12-17(10-20(14-27)19-4-3-5-21(13-19)28(31)32)11-22(26)24(23)34-15-16-6-8-18(9-7-16)25(29)30/h3-13H,2,15H2,1H3,(H,29,30)/b20-10-. The summed E-state index contributed by atoms with van der Waals surface area (Å²) in [4.78, 5) is 21.6. The van der Waals surface area contributed by atoms with E-state index in [1.807, 2.05) is 13.0 Å². The summed E-state index contributed by atoms with van der Waals surface area (Å²) in [6.07, 6.45) is 1.64. The van der Waals surface area contributed by atoms with Gasteiger partial charge in [-0.2, -0.15) is 5.26 Å². The highest BCUT2D eigenvalue weighted by molar-refractivity contribution is 14.1. The first-order valence-electron chi connectivity index (χ1n) is 10.1. The third kappa shape index (κ3) is 6.11. The molecule has 34 heavy (non-hydrogen) atoms. The lowest BCUT2D eigenvalue weighted by Crippen LogP contribution is -2.03. The topological polar surface area (TPSA) is 123 Å². The van der Waals surface area contributed by atoms with E-state index >= 15 is 0 Å². The SMILES string of the molecule is CCOc1cc(/C=C(/C#N)c2cccc([N+](=O)[O-])c2)cc(I)c1OCc1ccc(C(=O)O)cc1. The molecule has 0 unspecified atom stereocenters. The van der Waals surface area contributed by atoms with Crippen molar-refractivity contribution in [1.82, 2.24) is 0 Å². The minimum atomic E-state index is -0.994. The van der Waals surface area contributed by atoms with Crippen LogP contribution in [-0.4, -0.2) is 22.6 Å². The fourth-order valence-electron chi connectivity index (χ4n) is 3.11. The van der Waals surface area contributed by atoms with Gasteiger partial charge in [-0.05, 0) is 76.5 Å². The summed E-state index contributed by atoms with van der Waals surface area (Å²) >= 11 is 2.11. The Morgan fingerprint density at radius 3 is 2.50 bits per heavy atom. The maximum atomic E-state index is 11.1. The van der Waals surface area contributed by atoms with E-state index in [-0.39, 0.29) is 23.4 Å². The number of halogens is 1. The number of hydrogen-bond acceptors (Lipinski definition) is 6. The molecular formula is C25H19IN2O6. The number of hydrogen-bond donors (Lipinski definition) is 1. The molecule has 0 aliphatic heterocycles. The normalized spacial score (nSPS) is 10.9. The Bertz CT molecular complexity index is 1300. The lowest BCUT2D eigenvalue weighted by Gasteiger charge is -2.15. The fraction of sp³-hybridized carbons (Fsp3) is 0.120. The van der Waals surface area contributed by atoms with Gasteiger partial charge in [0.05, 0.1) is 32.3 Å². The number of benzene rings is 3. The predicted molar refractivity (Wildman–Crippen MR) is 135 cm³/mol. The second kappa shape index (κ2) is 11.3. The molecule has 0 aliphatic carbocycles. The van der Waals surface area contributed by atoms with Crippen LogP contribution in [0.25, 0.3) is 11.6 Å². The van der Waals surface area contributed by atoms with Gasteiger partial charge in [-0.25, -0.2) is 4.79 Å². The average Bonchev–Trinajstić information content (AvgIpc) is 2.82. The minimum absolute atomic E-state index is 0.0941. The number of ether oxygens (including phenoxy) is 2. The summed E-state index contributed by atoms with van der Waals surface area (Å²) in [5.41, 5.74) is 2.28. The van der Waals surface area contributed by atoms with Gasteiger partial charge in [0.1, 0.15) is 6.61 Å². The van der Waals surface area contributed by atoms with Crippen molar-refractivity contribution in [3.8, 4) is 17.6 Å². The van der Waals surface area contributed by atoms with Gasteiger partial charge in [-0.15, -0.1) is 0 Å². The third-order valence-electron chi connectivity index (χ3n) is 4.72. The van der Waals surface area contributed by atoms with Gasteiger partial charge in [-0.3, -0.25) is 10.1 Å². The van der Waals surface area contributed by atoms with Crippen LogP contribution in [0.1, 0.15) is 34.0 Å². The molecule has 0 saturated heterocycles. The van der Waals surface area contributed by atoms with Crippen LogP contribution >= 0.6 is 22.6 Å². The lowest BCUT2D eigenvalue weighted by molar-refractivity contribution is -0.384. The van der Waals surface area contributed by atoms with Crippen molar-refractivity contribution in [3.05, 3.63) is 96.6 Å². The molecule has 0 aliphatic rings. The Labute approximate surface area is 209 Å². The van der Waals surface area contributed by atoms with Crippen molar-refractivity contribution < 1.29 is 24.3 Å². The van der Waals surface area contributed by atoms with Gasteiger partial charge in [0.15, 0.2) is 11.5 Å². The number of carboxylic acid groups (broad SMARTS) is 1. The summed E-state index contributed by atoms with van der Waals surface area (Å²) in [6.45, 7) is 2.44. The van der Waals surface area contributed by atoms with E-state index in [9.17, 15) is 20.2 Å². The van der Waals surface area contributed by atoms with Crippen LogP contribution in [0.3, 0.4) is 0 Å². The second-order valence-electron chi connectivity index (χ2n) is 7.03. The molecule has 3 aromatic rings. The molecule has 9 heteroatoms. The van der Waals surface area contributed by atoms with Gasteiger partial charge in [0.2, 0.25) is 0 Å². The van der Waals surface area contributed by atoms with E-state index in [2.05, 4.69) is 28.7 Å². The maximum Gasteiger partial charge on any atom is 0.335 e. The van der Waals surface area contributed by atoms with Crippen molar-refractivity contribution in [2.24, 2.45) is 0 Å². The Morgan fingerprint density at radius 1 is 1.15 bits per heavy atom. The number of carboxylic acids is 1. The molecule has 0 bridgehead atoms. The van der Waals surface area contributed by atoms with Crippen LogP contribution in [-0.2, 0) is 6.61 Å². The molecule has 0 heterocycles. The number of nitro benzene ring substituents is 1. The van der Waals surface area contributed by atoms with Gasteiger partial charge in [0, 0.05) is 12.1 Å². The highest BCUT2D eigenvalue weighted by Crippen LogP contribution is 2.36. The molecule has 3 aromatic carbocycles. The van der Waals surface area contributed by atoms with E-state index in [0.29, 0.717) is 29.2 Å². The lowest BCUT2D eigenvalue weighted by atomic mass is 10.0. The van der Waals surface area contributed by atoms with E-state index in [1.54, 1.807) is 30.3 Å². The van der Waals surface area contributed by atoms with Crippen molar-refractivity contribution in [1.29, 1.82) is 5.26 Å². The van der Waals surface area contributed by atoms with Crippen molar-refractivity contribution in [3.63, 3.8) is 0 Å². The van der Waals surface area contributed by atoms with Crippen LogP contribution in [0.4, 0.5) is 5.69 Å². The number of nitro groups is 1. The molecular weight excluding hydrogens is 551 g/mol. The highest BCUT2D eigenvalue weighted by Gasteiger charge is 2.14. The molecule has 0 atom stereocenters. The van der Waals surface area contributed by atoms with Gasteiger partial charge >= 0.3 is 5.97 Å². The summed E-state index contributed by atoms with van der Waals surface area (Å²) < 4.78 is 12.5. The van der Waals surface area contributed by atoms with E-state index in [1.165, 1.54) is 30.3 Å². The minimum Gasteiger partial charge on any atom is -0.490 e. The molecule has 0 amide bonds. The zero-order valence-electron chi connectivity index (χ0n) is 18.0. The molecule has 3 rings (SSSR count). The summed E-state index contributed by atoms with van der Waals surface area (Å²) in [5.74, 6) is 0.0149. The van der Waals surface area contributed by atoms with Crippen molar-refractivity contribution in [2.75, 3.05) is 6.61 Å². The van der Waals surface area contributed by atoms with E-state index in [0.717, 1.165) is 9.13 Å². The molecule has 0 spiro atoms. The van der Waals surface area contributed by atoms with E-state index in [4.69, 9.17) is 14.6 Å². The molecule has 0 aromatic heterocycles. The number of nitriles is 1. The van der Waals surface area contributed by atoms with Crippen LogP contribution in [0.2, 0.25) is 0 Å². The van der Waals surface area contributed by atoms with Crippen LogP contribution in [0, 0.1) is 25.0 Å². The van der Waals surface area contributed by atoms with Crippen LogP contribution in [0.5, 0.6) is 11.5 Å². The molecule has 172 valence electrons. The van der Waals surface area contributed by atoms with Gasteiger partial charge in [0.25, 0.3) is 5.69 Å². The summed E-state index contributed by atoms with van der Waals surface area (Å²) in [7, 11) is 0. The molecule has 8 nitrogen and oxygen atoms in total. The monoisotopic (exact) mass is 570 g/mol. The predicted octanol–water partition coefficient (Wildman–Crippen LogP) is 5.94. The van der Waals surface area contributed by atoms with Crippen molar-refractivity contribution >= 4 is 45.9 Å². The second-order valence-corrected chi connectivity index (χ2v) is 8.19. The van der Waals surface area contributed by atoms with Crippen molar-refractivity contribution in [2.45, 2.75) is 13.5 Å². The molecule has 0 fully saturated rings. The first kappa shape index (κ1) is 24.7. The zero-order chi connectivity index (χ0) is 24.7. The Balaban J connectivity index is 1.90. The maximum absolute atomic E-state index is 11.1. The Hall–Kier alpha value is -3.91. The zero-order valence-corrected chi connectivity index (χ0v) is 20.2. The van der Waals surface area contributed by atoms with Crippen LogP contribution < -0.4 is 9.47 Å². The average molecular weight is 570 g/mol. The van der Waals surface area contributed by atoms with Gasteiger partial charge < -0.3 is 14.6 Å². The fourth-order valence-corrected chi connectivity index (χ4v) is 3.89. The van der Waals surface area contributed by atoms with E-state index < -0.39 is 10.9 Å². The summed E-state index contributed by atoms with van der Waals surface area (Å²) in [6, 6.07) is 18.0. The number of allylic oxidation sites excluding steroid dienone is 1. The number of carbonyl (C=O) groups is 1. The Morgan fingerprint density at radius 2 is 1.88 bits per heavy atom. The number of rotatable bonds is 9. The quantitative estimate of drug-likeness (QED) is 0.111. The third-order valence-corrected chi connectivity index (χ3v) is 5.52. The first-order chi connectivity index (χ1) is 16.3. The van der Waals surface area contributed by atoms with Gasteiger partial charge in [-0.1, -0.05) is 24.3 Å². The number of non-ortho nitro benzene ring substituents is 1. The molecule has 1 N–H and O–H groups in total. The number of aromatic carboxylic acids is 1. The number of nitrogens with zero attached hydrogens (tertiary/aromatic N) is 2. The Kier molecular flexibility index (Phi) is 8.21. The molecule has 0 radical (unpaired) electrons. The molecule has 0 saturated carbocycles. The first-order valence-corrected chi connectivity index (χ1v) is 11.2. The van der Waals surface area contributed by atoms with Crippen LogP contribution in [0.15, 0.2) is 60.7 Å².